The third-order valence-corrected chi connectivity index (χ3v) is 19.8. The van der Waals surface area contributed by atoms with E-state index < -0.39 is 47.5 Å². The second-order valence-electron chi connectivity index (χ2n) is 19.2. The van der Waals surface area contributed by atoms with Gasteiger partial charge < -0.3 is 10.6 Å². The molecule has 0 radical (unpaired) electrons. The lowest BCUT2D eigenvalue weighted by Gasteiger charge is -2.36. The van der Waals surface area contributed by atoms with Gasteiger partial charge in [-0.2, -0.15) is 10.2 Å². The van der Waals surface area contributed by atoms with E-state index in [4.69, 9.17) is 0 Å². The number of carbonyl (C=O) groups is 8. The van der Waals surface area contributed by atoms with Crippen LogP contribution >= 0.6 is 43.2 Å². The van der Waals surface area contributed by atoms with Gasteiger partial charge in [0.05, 0.1) is 12.4 Å². The highest BCUT2D eigenvalue weighted by atomic mass is 33.1. The molecule has 0 saturated carbocycles. The topological polar surface area (TPSA) is 216 Å². The van der Waals surface area contributed by atoms with Crippen LogP contribution in [-0.4, -0.2) is 117 Å². The summed E-state index contributed by atoms with van der Waals surface area (Å²) in [7, 11) is 7.68. The number of hydrazone groups is 2. The molecule has 16 nitrogen and oxygen atoms in total. The second-order valence-corrected chi connectivity index (χ2v) is 24.8. The molecule has 4 aliphatic rings. The predicted octanol–water partition coefficient (Wildman–Crippen LogP) is 9.07. The number of nitrogens with one attached hydrogen (secondary N) is 4. The second kappa shape index (κ2) is 28.4. The first kappa shape index (κ1) is 56.2. The molecule has 0 bridgehead atoms. The molecule has 8 rings (SSSR count). The SMILES string of the molecule is O=C(CCCCC1CCSS1)NCCCC[C@@H](C(=O)N/N=C/c1ccccc1)N1C(=O)c2ccc3c4c(ccc(c24)C1=O)C(=O)N([C@@H](CCCCNC(=O)CCCCC1CCSS1)C(=O)N/N=C/c1ccccc1)C3=O. The number of unbranched alkanes of at least 4 members (excludes halogenated alkanes) is 4. The van der Waals surface area contributed by atoms with Gasteiger partial charge in [0.1, 0.15) is 12.1 Å². The van der Waals surface area contributed by atoms with Crippen LogP contribution < -0.4 is 21.5 Å². The molecule has 76 heavy (non-hydrogen) atoms. The Kier molecular flexibility index (Phi) is 21.0. The van der Waals surface area contributed by atoms with Crippen molar-refractivity contribution in [1.82, 2.24) is 31.3 Å². The first-order valence-corrected chi connectivity index (χ1v) is 31.1. The van der Waals surface area contributed by atoms with Crippen LogP contribution in [0.2, 0.25) is 0 Å². The summed E-state index contributed by atoms with van der Waals surface area (Å²) in [4.78, 5) is 114. The zero-order valence-corrected chi connectivity index (χ0v) is 45.6. The first-order chi connectivity index (χ1) is 37.1. The van der Waals surface area contributed by atoms with Crippen LogP contribution in [0.1, 0.15) is 155 Å². The van der Waals surface area contributed by atoms with Crippen LogP contribution in [-0.2, 0) is 19.2 Å². The van der Waals surface area contributed by atoms with Gasteiger partial charge >= 0.3 is 0 Å². The summed E-state index contributed by atoms with van der Waals surface area (Å²) in [5, 5.41) is 15.7. The van der Waals surface area contributed by atoms with Crippen molar-refractivity contribution in [3.63, 3.8) is 0 Å². The molecular weight excluding hydrogens is 1040 g/mol. The molecule has 4 atom stereocenters. The van der Waals surface area contributed by atoms with E-state index in [1.54, 1.807) is 24.3 Å². The average molecular weight is 1110 g/mol. The molecule has 4 aliphatic heterocycles. The molecule has 2 unspecified atom stereocenters. The molecule has 2 saturated heterocycles. The van der Waals surface area contributed by atoms with Gasteiger partial charge in [-0.1, -0.05) is 117 Å². The minimum Gasteiger partial charge on any atom is -0.356 e. The van der Waals surface area contributed by atoms with E-state index in [-0.39, 0.29) is 57.7 Å². The summed E-state index contributed by atoms with van der Waals surface area (Å²) in [5.41, 5.74) is 6.54. The van der Waals surface area contributed by atoms with Gasteiger partial charge in [-0.05, 0) is 112 Å². The molecule has 4 aromatic rings. The number of nitrogens with zero attached hydrogens (tertiary/aromatic N) is 4. The molecule has 0 aromatic heterocycles. The smallest absolute Gasteiger partial charge is 0.263 e. The monoisotopic (exact) mass is 1100 g/mol. The van der Waals surface area contributed by atoms with Crippen molar-refractivity contribution in [1.29, 1.82) is 0 Å². The Balaban J connectivity index is 0.957. The third kappa shape index (κ3) is 14.7. The Hall–Kier alpha value is -5.96. The summed E-state index contributed by atoms with van der Waals surface area (Å²) in [6.07, 6.45) is 13.8. The van der Waals surface area contributed by atoms with E-state index in [0.29, 0.717) is 73.2 Å². The van der Waals surface area contributed by atoms with E-state index in [0.717, 1.165) is 48.3 Å². The molecule has 0 aliphatic carbocycles. The molecular formula is C56H64N8O8S4. The largest absolute Gasteiger partial charge is 0.356 e. The minimum absolute atomic E-state index is 0.0193. The van der Waals surface area contributed by atoms with Crippen LogP contribution in [0.5, 0.6) is 0 Å². The molecule has 8 amide bonds. The van der Waals surface area contributed by atoms with E-state index in [1.807, 2.05) is 79.6 Å². The van der Waals surface area contributed by atoms with Crippen molar-refractivity contribution in [3.05, 3.63) is 118 Å². The third-order valence-electron chi connectivity index (χ3n) is 13.8. The molecule has 400 valence electrons. The van der Waals surface area contributed by atoms with E-state index >= 15 is 0 Å². The van der Waals surface area contributed by atoms with E-state index in [2.05, 4.69) is 31.7 Å². The van der Waals surface area contributed by atoms with Crippen molar-refractivity contribution in [2.75, 3.05) is 24.6 Å². The fourth-order valence-corrected chi connectivity index (χ4v) is 15.9. The van der Waals surface area contributed by atoms with Crippen molar-refractivity contribution in [2.24, 2.45) is 10.2 Å². The lowest BCUT2D eigenvalue weighted by Crippen LogP contribution is -2.54. The zero-order valence-electron chi connectivity index (χ0n) is 42.4. The first-order valence-electron chi connectivity index (χ1n) is 26.3. The maximum absolute atomic E-state index is 14.7. The lowest BCUT2D eigenvalue weighted by atomic mass is 9.84. The maximum atomic E-state index is 14.7. The van der Waals surface area contributed by atoms with Gasteiger partial charge in [0.15, 0.2) is 0 Å². The van der Waals surface area contributed by atoms with Crippen molar-refractivity contribution in [2.45, 2.75) is 125 Å². The van der Waals surface area contributed by atoms with Gasteiger partial charge in [0.2, 0.25) is 11.8 Å². The van der Waals surface area contributed by atoms with Crippen LogP contribution in [0.3, 0.4) is 0 Å². The quantitative estimate of drug-likeness (QED) is 0.0138. The Bertz CT molecular complexity index is 2550. The van der Waals surface area contributed by atoms with Crippen LogP contribution in [0.25, 0.3) is 10.8 Å². The van der Waals surface area contributed by atoms with Gasteiger partial charge in [-0.15, -0.1) is 0 Å². The lowest BCUT2D eigenvalue weighted by molar-refractivity contribution is -0.126. The Morgan fingerprint density at radius 1 is 0.513 bits per heavy atom. The number of rotatable bonds is 28. The number of hydrogen-bond donors (Lipinski definition) is 4. The van der Waals surface area contributed by atoms with Crippen molar-refractivity contribution < 1.29 is 38.4 Å². The molecule has 4 heterocycles. The molecule has 0 spiro atoms. The fourth-order valence-electron chi connectivity index (χ4n) is 9.80. The Morgan fingerprint density at radius 3 is 1.25 bits per heavy atom. The van der Waals surface area contributed by atoms with Gasteiger partial charge in [0.25, 0.3) is 35.4 Å². The minimum atomic E-state index is -1.31. The zero-order chi connectivity index (χ0) is 53.2. The summed E-state index contributed by atoms with van der Waals surface area (Å²) in [5.74, 6) is -2.30. The highest BCUT2D eigenvalue weighted by Gasteiger charge is 2.45. The number of imide groups is 2. The Labute approximate surface area is 459 Å². The standard InChI is InChI=1S/C56H64N8O8S4/c65-47(23-9-7-19-39-29-33-73-75-39)57-31-13-11-21-45(51(67)61-59-35-37-15-3-1-4-16-37)63-53(69)41-25-27-43-50-44(28-26-42(49(41)50)54(63)70)56(72)64(55(43)71)46(52(68)62-60-36-38-17-5-2-6-18-38)22-12-14-32-58-48(66)24-10-8-20-40-30-34-74-76-40/h1-6,15-18,25-28,35-36,39-40,45-46H,7-14,19-24,29-34H2,(H,57,65)(H,58,66)(H,61,67)(H,62,68)/b59-35+,60-36+/t39?,40?,45-,46-/m0/s1. The van der Waals surface area contributed by atoms with Crippen molar-refractivity contribution >= 4 is 114 Å². The molecule has 4 aromatic carbocycles. The van der Waals surface area contributed by atoms with Crippen molar-refractivity contribution in [3.8, 4) is 0 Å². The van der Waals surface area contributed by atoms with Gasteiger partial charge in [-0.25, -0.2) is 10.9 Å². The molecule has 4 N–H and O–H groups in total. The Morgan fingerprint density at radius 2 is 0.895 bits per heavy atom. The van der Waals surface area contributed by atoms with Gasteiger partial charge in [0, 0.05) is 81.0 Å². The highest BCUT2D eigenvalue weighted by Crippen LogP contribution is 2.42. The van der Waals surface area contributed by atoms with Crippen LogP contribution in [0.4, 0.5) is 0 Å². The molecule has 20 heteroatoms. The summed E-state index contributed by atoms with van der Waals surface area (Å²) in [6.45, 7) is 0.702. The highest BCUT2D eigenvalue weighted by molar-refractivity contribution is 8.77. The van der Waals surface area contributed by atoms with Crippen LogP contribution in [0.15, 0.2) is 95.1 Å². The summed E-state index contributed by atoms with van der Waals surface area (Å²) in [6, 6.07) is 21.2. The normalized spacial score (nSPS) is 17.9. The number of carbonyl (C=O) groups excluding carboxylic acids is 8. The van der Waals surface area contributed by atoms with E-state index in [9.17, 15) is 38.4 Å². The molecule has 2 fully saturated rings. The number of amides is 8. The predicted molar refractivity (Wildman–Crippen MR) is 304 cm³/mol. The maximum Gasteiger partial charge on any atom is 0.263 e. The summed E-state index contributed by atoms with van der Waals surface area (Å²) >= 11 is 0. The fraction of sp³-hybridized carbons (Fsp3) is 0.429. The van der Waals surface area contributed by atoms with Gasteiger partial charge in [-0.3, -0.25) is 48.2 Å². The van der Waals surface area contributed by atoms with E-state index in [1.165, 1.54) is 61.0 Å². The number of hydrogen-bond acceptors (Lipinski definition) is 14. The average Bonchev–Trinajstić information content (AvgIpc) is 4.23. The summed E-state index contributed by atoms with van der Waals surface area (Å²) < 4.78 is 0. The van der Waals surface area contributed by atoms with Crippen LogP contribution in [0, 0.1) is 0 Å². The number of benzene rings is 4.